The quantitative estimate of drug-likeness (QED) is 0.507. The molecule has 0 unspecified atom stereocenters. The Morgan fingerprint density at radius 2 is 1.22 bits per heavy atom. The molecule has 0 bridgehead atoms. The second kappa shape index (κ2) is 9.46. The van der Waals surface area contributed by atoms with Crippen LogP contribution in [0.3, 0.4) is 0 Å². The van der Waals surface area contributed by atoms with Crippen molar-refractivity contribution in [1.29, 1.82) is 0 Å². The van der Waals surface area contributed by atoms with Gasteiger partial charge in [0.2, 0.25) is 0 Å². The van der Waals surface area contributed by atoms with Gasteiger partial charge in [0, 0.05) is 17.1 Å². The Morgan fingerprint density at radius 3 is 1.22 bits per heavy atom. The Kier molecular flexibility index (Phi) is 17.7. The number of hydrogen-bond acceptors (Lipinski definition) is 2. The van der Waals surface area contributed by atoms with E-state index < -0.39 is 10.4 Å². The SMILES string of the molecule is O=S(=O)(O)O.[Cl][Ni][Cl].[Fe]. The molecule has 0 aliphatic heterocycles. The molecule has 4 nitrogen and oxygen atoms in total. The standard InChI is InChI=1S/2ClH.Fe.Ni.H2O4S/c;;;;1-5(2,3)4/h2*1H;;;(H2,1,2,3,4)/q;;;+2;/p-2. The van der Waals surface area contributed by atoms with E-state index in [-0.39, 0.29) is 17.1 Å². The van der Waals surface area contributed by atoms with E-state index in [1.54, 1.807) is 0 Å². The molecular formula is H2Cl2FeNiO4S. The zero-order valence-electron chi connectivity index (χ0n) is 3.54. The number of hydrogen-bond donors (Lipinski definition) is 2. The number of rotatable bonds is 0. The van der Waals surface area contributed by atoms with Crippen molar-refractivity contribution < 1.29 is 47.2 Å². The maximum absolute atomic E-state index is 8.74. The molecule has 64 valence electrons. The fraction of sp³-hybridized carbons (Fsp3) is 0. The van der Waals surface area contributed by atoms with Crippen molar-refractivity contribution in [2.75, 3.05) is 0 Å². The first-order chi connectivity index (χ1) is 3.41. The Morgan fingerprint density at radius 1 is 1.22 bits per heavy atom. The average Bonchev–Trinajstić information content (AvgIpc) is 1.27. The summed E-state index contributed by atoms with van der Waals surface area (Å²) in [5.74, 6) is 0. The largest absolute Gasteiger partial charge is 0 e. The van der Waals surface area contributed by atoms with Gasteiger partial charge in [0.25, 0.3) is 0 Å². The molecule has 2 N–H and O–H groups in total. The van der Waals surface area contributed by atoms with Crippen LogP contribution in [0.4, 0.5) is 0 Å². The molecule has 0 aromatic rings. The smallest absolute Gasteiger partial charge is 0 e. The van der Waals surface area contributed by atoms with Crippen LogP contribution in [-0.2, 0) is 40.1 Å². The van der Waals surface area contributed by atoms with E-state index in [1.807, 2.05) is 0 Å². The van der Waals surface area contributed by atoms with Crippen LogP contribution >= 0.6 is 20.4 Å². The van der Waals surface area contributed by atoms with Crippen LogP contribution < -0.4 is 0 Å². The third kappa shape index (κ3) is 246. The van der Waals surface area contributed by atoms with Crippen molar-refractivity contribution in [2.45, 2.75) is 0 Å². The van der Waals surface area contributed by atoms with Gasteiger partial charge >= 0.3 is 43.4 Å². The molecule has 9 heavy (non-hydrogen) atoms. The van der Waals surface area contributed by atoms with Gasteiger partial charge in [-0.05, 0) is 0 Å². The summed E-state index contributed by atoms with van der Waals surface area (Å²) in [6.07, 6.45) is 0. The minimum Gasteiger partial charge on any atom is 0 e. The molecule has 0 aromatic carbocycles. The van der Waals surface area contributed by atoms with Gasteiger partial charge in [-0.15, -0.1) is 0 Å². The predicted octanol–water partition coefficient (Wildman–Crippen LogP) is 0.721. The van der Waals surface area contributed by atoms with E-state index in [4.69, 9.17) is 37.9 Å². The fourth-order valence-corrected chi connectivity index (χ4v) is 0. The third-order valence-corrected chi connectivity index (χ3v) is 0. The Balaban J connectivity index is -0.0000000800. The second-order valence-corrected chi connectivity index (χ2v) is 3.02. The maximum atomic E-state index is 8.74. The molecular weight excluding hydrogens is 282 g/mol. The van der Waals surface area contributed by atoms with Crippen molar-refractivity contribution in [3.05, 3.63) is 0 Å². The molecule has 0 fully saturated rings. The van der Waals surface area contributed by atoms with Gasteiger partial charge in [-0.1, -0.05) is 0 Å². The molecule has 0 spiro atoms. The summed E-state index contributed by atoms with van der Waals surface area (Å²) in [7, 11) is 4.74. The van der Waals surface area contributed by atoms with Gasteiger partial charge in [0.15, 0.2) is 0 Å². The van der Waals surface area contributed by atoms with Crippen molar-refractivity contribution in [3.63, 3.8) is 0 Å². The van der Waals surface area contributed by atoms with E-state index in [1.165, 1.54) is 0 Å². The van der Waals surface area contributed by atoms with Gasteiger partial charge in [-0.2, -0.15) is 8.42 Å². The van der Waals surface area contributed by atoms with Gasteiger partial charge in [0.05, 0.1) is 0 Å². The third-order valence-electron chi connectivity index (χ3n) is 0. The zero-order valence-corrected chi connectivity index (χ0v) is 7.97. The monoisotopic (exact) mass is 282 g/mol. The molecule has 0 saturated carbocycles. The first-order valence-corrected chi connectivity index (χ1v) is 5.05. The molecule has 0 radical (unpaired) electrons. The van der Waals surface area contributed by atoms with Crippen LogP contribution in [0.25, 0.3) is 0 Å². The van der Waals surface area contributed by atoms with E-state index in [0.29, 0.717) is 12.7 Å². The summed E-state index contributed by atoms with van der Waals surface area (Å²) in [6, 6.07) is 0. The van der Waals surface area contributed by atoms with E-state index in [0.717, 1.165) is 0 Å². The minimum atomic E-state index is -4.67. The molecule has 0 rings (SSSR count). The molecule has 0 aromatic heterocycles. The van der Waals surface area contributed by atoms with E-state index in [9.17, 15) is 0 Å². The maximum Gasteiger partial charge on any atom is 0 e. The zero-order chi connectivity index (χ0) is 7.21. The first kappa shape index (κ1) is 16.8. The minimum absolute atomic E-state index is 0. The Hall–Kier alpha value is 1.46. The van der Waals surface area contributed by atoms with E-state index in [2.05, 4.69) is 0 Å². The summed E-state index contributed by atoms with van der Waals surface area (Å²) in [4.78, 5) is 0. The van der Waals surface area contributed by atoms with Crippen LogP contribution in [0.15, 0.2) is 0 Å². The molecule has 9 heteroatoms. The summed E-state index contributed by atoms with van der Waals surface area (Å²) in [5, 5.41) is 0. The normalized spacial score (nSPS) is 8.89. The molecule has 0 amide bonds. The molecule has 0 aliphatic rings. The van der Waals surface area contributed by atoms with E-state index >= 15 is 0 Å². The first-order valence-electron chi connectivity index (χ1n) is 0.938. The van der Waals surface area contributed by atoms with Gasteiger partial charge in [-0.25, -0.2) is 0 Å². The average molecular weight is 284 g/mol. The summed E-state index contributed by atoms with van der Waals surface area (Å²) in [6.45, 7) is 0. The van der Waals surface area contributed by atoms with Crippen molar-refractivity contribution in [3.8, 4) is 0 Å². The molecule has 0 heterocycles. The van der Waals surface area contributed by atoms with Crippen molar-refractivity contribution in [2.24, 2.45) is 0 Å². The number of halogens is 2. The summed E-state index contributed by atoms with van der Waals surface area (Å²) >= 11 is 0.569. The van der Waals surface area contributed by atoms with Crippen LogP contribution in [0.5, 0.6) is 0 Å². The summed E-state index contributed by atoms with van der Waals surface area (Å²) in [5.41, 5.74) is 0. The Bertz CT molecular complexity index is 113. The van der Waals surface area contributed by atoms with Crippen LogP contribution in [-0.4, -0.2) is 17.5 Å². The molecule has 0 aliphatic carbocycles. The van der Waals surface area contributed by atoms with Crippen molar-refractivity contribution in [1.82, 2.24) is 0 Å². The van der Waals surface area contributed by atoms with Crippen molar-refractivity contribution >= 4 is 30.8 Å². The molecule has 0 saturated heterocycles. The second-order valence-electron chi connectivity index (χ2n) is 0.493. The Labute approximate surface area is 77.7 Å². The van der Waals surface area contributed by atoms with Gasteiger partial charge < -0.3 is 0 Å². The predicted molar refractivity (Wildman–Crippen MR) is 25.9 cm³/mol. The van der Waals surface area contributed by atoms with Crippen LogP contribution in [0.2, 0.25) is 0 Å². The molecule has 0 atom stereocenters. The summed E-state index contributed by atoms with van der Waals surface area (Å²) < 4.78 is 31.6. The topological polar surface area (TPSA) is 74.6 Å². The van der Waals surface area contributed by atoms with Crippen LogP contribution in [0.1, 0.15) is 0 Å². The van der Waals surface area contributed by atoms with Gasteiger partial charge in [0.1, 0.15) is 0 Å². The van der Waals surface area contributed by atoms with Gasteiger partial charge in [-0.3, -0.25) is 9.11 Å². The van der Waals surface area contributed by atoms with Crippen LogP contribution in [0, 0.1) is 0 Å². The fourth-order valence-electron chi connectivity index (χ4n) is 0.